The van der Waals surface area contributed by atoms with E-state index in [0.29, 0.717) is 11.1 Å². The summed E-state index contributed by atoms with van der Waals surface area (Å²) in [5.74, 6) is 0. The maximum Gasteiger partial charge on any atom is 0.0992 e. The first kappa shape index (κ1) is 27.4. The molecule has 0 aliphatic heterocycles. The predicted octanol–water partition coefficient (Wildman–Crippen LogP) is 11.0. The standard InChI is InChI=1S/C44H26N4/c45-27-29-20-22-43-39(23-29)38-15-3-4-16-40(38)47(43)34-12-8-10-32(26-34)31-9-7-11-33(25-31)35-21-19-30(28-46)24-44(35)48-41-17-5-1-13-36(41)37-14-2-6-18-42(37)48/h1-26H. The highest BCUT2D eigenvalue weighted by Crippen LogP contribution is 2.38. The summed E-state index contributed by atoms with van der Waals surface area (Å²) >= 11 is 0. The van der Waals surface area contributed by atoms with Gasteiger partial charge in [0.1, 0.15) is 0 Å². The van der Waals surface area contributed by atoms with E-state index in [1.54, 1.807) is 0 Å². The zero-order chi connectivity index (χ0) is 32.2. The summed E-state index contributed by atoms with van der Waals surface area (Å²) in [6.45, 7) is 0. The van der Waals surface area contributed by atoms with Gasteiger partial charge in [-0.3, -0.25) is 0 Å². The number of hydrogen-bond acceptors (Lipinski definition) is 2. The number of hydrogen-bond donors (Lipinski definition) is 0. The minimum atomic E-state index is 0.618. The lowest BCUT2D eigenvalue weighted by Crippen LogP contribution is -1.98. The van der Waals surface area contributed by atoms with Crippen LogP contribution in [0.1, 0.15) is 11.1 Å². The van der Waals surface area contributed by atoms with Gasteiger partial charge in [-0.1, -0.05) is 91.0 Å². The van der Waals surface area contributed by atoms with E-state index in [-0.39, 0.29) is 0 Å². The van der Waals surface area contributed by atoms with E-state index in [4.69, 9.17) is 0 Å². The molecule has 0 aliphatic carbocycles. The summed E-state index contributed by atoms with van der Waals surface area (Å²) < 4.78 is 4.56. The van der Waals surface area contributed by atoms with Crippen LogP contribution in [0.15, 0.2) is 158 Å². The molecule has 0 fully saturated rings. The Balaban J connectivity index is 1.21. The molecule has 0 unspecified atom stereocenters. The highest BCUT2D eigenvalue weighted by Gasteiger charge is 2.17. The molecule has 0 spiro atoms. The molecule has 0 saturated carbocycles. The number of rotatable bonds is 4. The van der Waals surface area contributed by atoms with Crippen LogP contribution in [0.2, 0.25) is 0 Å². The fourth-order valence-corrected chi connectivity index (χ4v) is 7.22. The molecule has 0 saturated heterocycles. The largest absolute Gasteiger partial charge is 0.309 e. The van der Waals surface area contributed by atoms with Gasteiger partial charge in [-0.05, 0) is 83.4 Å². The van der Waals surface area contributed by atoms with Gasteiger partial charge in [0.2, 0.25) is 0 Å². The van der Waals surface area contributed by atoms with Gasteiger partial charge < -0.3 is 9.13 Å². The van der Waals surface area contributed by atoms with Gasteiger partial charge in [0.05, 0.1) is 51.0 Å². The van der Waals surface area contributed by atoms with Crippen molar-refractivity contribution in [1.82, 2.24) is 9.13 Å². The van der Waals surface area contributed by atoms with Gasteiger partial charge in [-0.15, -0.1) is 0 Å². The van der Waals surface area contributed by atoms with Gasteiger partial charge in [0.15, 0.2) is 0 Å². The maximum atomic E-state index is 9.93. The summed E-state index contributed by atoms with van der Waals surface area (Å²) in [6.07, 6.45) is 0. The third kappa shape index (κ3) is 4.22. The van der Waals surface area contributed by atoms with Crippen molar-refractivity contribution >= 4 is 43.6 Å². The molecule has 4 heteroatoms. The Bertz CT molecular complexity index is 2760. The quantitative estimate of drug-likeness (QED) is 0.199. The van der Waals surface area contributed by atoms with Crippen LogP contribution < -0.4 is 0 Å². The zero-order valence-corrected chi connectivity index (χ0v) is 25.8. The lowest BCUT2D eigenvalue weighted by Gasteiger charge is -2.16. The molecule has 0 atom stereocenters. The fraction of sp³-hybridized carbons (Fsp3) is 0. The molecule has 222 valence electrons. The van der Waals surface area contributed by atoms with E-state index in [1.165, 1.54) is 10.8 Å². The third-order valence-electron chi connectivity index (χ3n) is 9.36. The Morgan fingerprint density at radius 1 is 0.375 bits per heavy atom. The van der Waals surface area contributed by atoms with E-state index in [1.807, 2.05) is 36.4 Å². The molecule has 2 aromatic heterocycles. The summed E-state index contributed by atoms with van der Waals surface area (Å²) in [4.78, 5) is 0. The van der Waals surface area contributed by atoms with Crippen molar-refractivity contribution in [3.63, 3.8) is 0 Å². The molecule has 0 bridgehead atoms. The van der Waals surface area contributed by atoms with Crippen LogP contribution in [0.4, 0.5) is 0 Å². The van der Waals surface area contributed by atoms with E-state index < -0.39 is 0 Å². The van der Waals surface area contributed by atoms with Gasteiger partial charge in [0.25, 0.3) is 0 Å². The molecule has 0 radical (unpaired) electrons. The number of fused-ring (bicyclic) bond motifs is 6. The normalized spacial score (nSPS) is 11.3. The Kier molecular flexibility index (Phi) is 6.22. The smallest absolute Gasteiger partial charge is 0.0992 e. The highest BCUT2D eigenvalue weighted by atomic mass is 15.0. The van der Waals surface area contributed by atoms with Crippen molar-refractivity contribution in [1.29, 1.82) is 10.5 Å². The first-order valence-electron chi connectivity index (χ1n) is 15.9. The summed E-state index contributed by atoms with van der Waals surface area (Å²) in [5.41, 5.74) is 12.0. The molecular weight excluding hydrogens is 585 g/mol. The second kappa shape index (κ2) is 10.9. The van der Waals surface area contributed by atoms with Crippen LogP contribution in [-0.2, 0) is 0 Å². The summed E-state index contributed by atoms with van der Waals surface area (Å²) in [6, 6.07) is 59.1. The molecule has 0 aliphatic rings. The van der Waals surface area contributed by atoms with Crippen molar-refractivity contribution in [3.05, 3.63) is 169 Å². The topological polar surface area (TPSA) is 57.4 Å². The second-order valence-electron chi connectivity index (χ2n) is 12.0. The van der Waals surface area contributed by atoms with Crippen molar-refractivity contribution in [3.8, 4) is 45.8 Å². The summed E-state index contributed by atoms with van der Waals surface area (Å²) in [5, 5.41) is 24.1. The van der Waals surface area contributed by atoms with E-state index in [2.05, 4.69) is 143 Å². The first-order valence-corrected chi connectivity index (χ1v) is 15.9. The Labute approximate surface area is 277 Å². The Hall–Kier alpha value is -6.88. The van der Waals surface area contributed by atoms with Crippen molar-refractivity contribution in [2.24, 2.45) is 0 Å². The van der Waals surface area contributed by atoms with Crippen molar-refractivity contribution in [2.75, 3.05) is 0 Å². The minimum Gasteiger partial charge on any atom is -0.309 e. The van der Waals surface area contributed by atoms with E-state index in [0.717, 1.165) is 66.5 Å². The molecule has 4 nitrogen and oxygen atoms in total. The van der Waals surface area contributed by atoms with Crippen LogP contribution in [-0.4, -0.2) is 9.13 Å². The minimum absolute atomic E-state index is 0.618. The van der Waals surface area contributed by atoms with E-state index in [9.17, 15) is 10.5 Å². The SMILES string of the molecule is N#Cc1ccc(-c2cccc(-c3cccc(-n4c5ccccc5c5cc(C#N)ccc54)c3)c2)c(-n2c3ccccc3c3ccccc32)c1. The number of para-hydroxylation sites is 3. The maximum absolute atomic E-state index is 9.93. The highest BCUT2D eigenvalue weighted by molar-refractivity contribution is 6.10. The lowest BCUT2D eigenvalue weighted by atomic mass is 9.96. The number of benzene rings is 7. The number of aromatic nitrogens is 2. The van der Waals surface area contributed by atoms with Crippen LogP contribution in [0.25, 0.3) is 77.2 Å². The lowest BCUT2D eigenvalue weighted by molar-refractivity contribution is 1.18. The zero-order valence-electron chi connectivity index (χ0n) is 25.8. The first-order chi connectivity index (χ1) is 23.7. The molecule has 9 rings (SSSR count). The number of nitriles is 2. The molecule has 0 N–H and O–H groups in total. The summed E-state index contributed by atoms with van der Waals surface area (Å²) in [7, 11) is 0. The van der Waals surface area contributed by atoms with Gasteiger partial charge in [-0.25, -0.2) is 0 Å². The monoisotopic (exact) mass is 610 g/mol. The van der Waals surface area contributed by atoms with E-state index >= 15 is 0 Å². The molecule has 0 amide bonds. The number of nitrogens with zero attached hydrogens (tertiary/aromatic N) is 4. The van der Waals surface area contributed by atoms with Crippen molar-refractivity contribution in [2.45, 2.75) is 0 Å². The molecule has 7 aromatic carbocycles. The van der Waals surface area contributed by atoms with Crippen LogP contribution in [0.5, 0.6) is 0 Å². The Morgan fingerprint density at radius 2 is 0.896 bits per heavy atom. The van der Waals surface area contributed by atoms with Crippen LogP contribution in [0, 0.1) is 22.7 Å². The average Bonchev–Trinajstić information content (AvgIpc) is 3.67. The van der Waals surface area contributed by atoms with Crippen LogP contribution >= 0.6 is 0 Å². The second-order valence-corrected chi connectivity index (χ2v) is 12.0. The van der Waals surface area contributed by atoms with Gasteiger partial charge >= 0.3 is 0 Å². The molecule has 9 aromatic rings. The van der Waals surface area contributed by atoms with Gasteiger partial charge in [-0.2, -0.15) is 10.5 Å². The van der Waals surface area contributed by atoms with Gasteiger partial charge in [0, 0.05) is 32.8 Å². The average molecular weight is 611 g/mol. The molecular formula is C44H26N4. The fourth-order valence-electron chi connectivity index (χ4n) is 7.22. The third-order valence-corrected chi connectivity index (χ3v) is 9.36. The molecule has 48 heavy (non-hydrogen) atoms. The Morgan fingerprint density at radius 3 is 1.58 bits per heavy atom. The molecule has 2 heterocycles. The van der Waals surface area contributed by atoms with Crippen LogP contribution in [0.3, 0.4) is 0 Å². The predicted molar refractivity (Wildman–Crippen MR) is 195 cm³/mol. The van der Waals surface area contributed by atoms with Crippen molar-refractivity contribution < 1.29 is 0 Å².